The molecule has 1 heterocycles. The summed E-state index contributed by atoms with van der Waals surface area (Å²) in [5, 5.41) is 11.3. The Labute approximate surface area is 120 Å². The van der Waals surface area contributed by atoms with Crippen LogP contribution in [0.15, 0.2) is 18.2 Å². The van der Waals surface area contributed by atoms with Gasteiger partial charge in [-0.25, -0.2) is 8.42 Å². The Kier molecular flexibility index (Phi) is 4.14. The second kappa shape index (κ2) is 5.56. The summed E-state index contributed by atoms with van der Waals surface area (Å²) in [4.78, 5) is 0. The Morgan fingerprint density at radius 3 is 2.62 bits per heavy atom. The highest BCUT2D eigenvalue weighted by Gasteiger charge is 2.34. The average Bonchev–Trinajstić information content (AvgIpc) is 2.74. The molecule has 21 heavy (non-hydrogen) atoms. The van der Waals surface area contributed by atoms with E-state index in [1.165, 1.54) is 12.1 Å². The van der Waals surface area contributed by atoms with Crippen LogP contribution in [-0.2, 0) is 16.0 Å². The van der Waals surface area contributed by atoms with Crippen LogP contribution in [0.1, 0.15) is 17.5 Å². The molecule has 0 amide bonds. The van der Waals surface area contributed by atoms with E-state index in [1.54, 1.807) is 6.07 Å². The second-order valence-electron chi connectivity index (χ2n) is 5.02. The highest BCUT2D eigenvalue weighted by atomic mass is 32.2. The van der Waals surface area contributed by atoms with Gasteiger partial charge in [0.15, 0.2) is 9.84 Å². The smallest absolute Gasteiger partial charge is 0.384 e. The standard InChI is InChI=1S/C13H13F3N2O2S/c14-13(15,16)11-5-9(6-17)1-2-12(11)18-7-10-3-4-21(19,20)8-10/h1-2,5,10,18H,3-4,7-8H2/t10-/m1/s1. The molecule has 0 saturated carbocycles. The van der Waals surface area contributed by atoms with Gasteiger partial charge in [-0.15, -0.1) is 0 Å². The molecular formula is C13H13F3N2O2S. The largest absolute Gasteiger partial charge is 0.418 e. The SMILES string of the molecule is N#Cc1ccc(NC[C@H]2CCS(=O)(=O)C2)c(C(F)(F)F)c1. The first-order valence-corrected chi connectivity index (χ1v) is 8.09. The van der Waals surface area contributed by atoms with Crippen LogP contribution in [0.5, 0.6) is 0 Å². The molecular weight excluding hydrogens is 305 g/mol. The average molecular weight is 318 g/mol. The maximum absolute atomic E-state index is 12.9. The van der Waals surface area contributed by atoms with Crippen LogP contribution in [-0.4, -0.2) is 26.5 Å². The van der Waals surface area contributed by atoms with Gasteiger partial charge in [0.2, 0.25) is 0 Å². The molecule has 114 valence electrons. The summed E-state index contributed by atoms with van der Waals surface area (Å²) in [6.45, 7) is 0.161. The molecule has 1 aromatic rings. The zero-order chi connectivity index (χ0) is 15.7. The van der Waals surface area contributed by atoms with E-state index in [4.69, 9.17) is 5.26 Å². The Morgan fingerprint density at radius 1 is 1.38 bits per heavy atom. The molecule has 4 nitrogen and oxygen atoms in total. The minimum Gasteiger partial charge on any atom is -0.384 e. The molecule has 1 aromatic carbocycles. The van der Waals surface area contributed by atoms with Crippen LogP contribution in [0.3, 0.4) is 0 Å². The molecule has 0 aromatic heterocycles. The number of nitrogens with one attached hydrogen (secondary N) is 1. The number of halogens is 3. The van der Waals surface area contributed by atoms with E-state index in [-0.39, 0.29) is 35.2 Å². The normalized spacial score (nSPS) is 21.0. The first kappa shape index (κ1) is 15.6. The molecule has 1 aliphatic heterocycles. The third-order valence-electron chi connectivity index (χ3n) is 3.36. The molecule has 0 bridgehead atoms. The van der Waals surface area contributed by atoms with Gasteiger partial charge in [0, 0.05) is 12.2 Å². The minimum absolute atomic E-state index is 0.00235. The van der Waals surface area contributed by atoms with Crippen molar-refractivity contribution in [1.82, 2.24) is 0 Å². The highest BCUT2D eigenvalue weighted by Crippen LogP contribution is 2.35. The van der Waals surface area contributed by atoms with Gasteiger partial charge in [-0.1, -0.05) is 0 Å². The molecule has 0 unspecified atom stereocenters. The lowest BCUT2D eigenvalue weighted by molar-refractivity contribution is -0.137. The van der Waals surface area contributed by atoms with Gasteiger partial charge in [0.25, 0.3) is 0 Å². The summed E-state index contributed by atoms with van der Waals surface area (Å²) in [7, 11) is -3.05. The van der Waals surface area contributed by atoms with Crippen molar-refractivity contribution < 1.29 is 21.6 Å². The van der Waals surface area contributed by atoms with Gasteiger partial charge in [0.05, 0.1) is 28.7 Å². The van der Waals surface area contributed by atoms with E-state index in [0.29, 0.717) is 6.42 Å². The topological polar surface area (TPSA) is 70.0 Å². The molecule has 0 spiro atoms. The highest BCUT2D eigenvalue weighted by molar-refractivity contribution is 7.91. The van der Waals surface area contributed by atoms with E-state index in [9.17, 15) is 21.6 Å². The van der Waals surface area contributed by atoms with Crippen molar-refractivity contribution in [1.29, 1.82) is 5.26 Å². The maximum atomic E-state index is 12.9. The fraction of sp³-hybridized carbons (Fsp3) is 0.462. The summed E-state index contributed by atoms with van der Waals surface area (Å²) in [5.74, 6) is -0.108. The summed E-state index contributed by atoms with van der Waals surface area (Å²) < 4.78 is 61.5. The van der Waals surface area contributed by atoms with Gasteiger partial charge in [-0.2, -0.15) is 18.4 Å². The fourth-order valence-corrected chi connectivity index (χ4v) is 4.15. The zero-order valence-corrected chi connectivity index (χ0v) is 11.8. The van der Waals surface area contributed by atoms with Crippen molar-refractivity contribution in [2.45, 2.75) is 12.6 Å². The molecule has 0 aliphatic carbocycles. The van der Waals surface area contributed by atoms with Gasteiger partial charge in [-0.3, -0.25) is 0 Å². The number of nitriles is 1. The first-order valence-electron chi connectivity index (χ1n) is 6.27. The van der Waals surface area contributed by atoms with E-state index < -0.39 is 21.6 Å². The van der Waals surface area contributed by atoms with Crippen LogP contribution >= 0.6 is 0 Å². The number of benzene rings is 1. The van der Waals surface area contributed by atoms with Crippen molar-refractivity contribution in [3.8, 4) is 6.07 Å². The number of anilines is 1. The fourth-order valence-electron chi connectivity index (χ4n) is 2.29. The van der Waals surface area contributed by atoms with Crippen LogP contribution < -0.4 is 5.32 Å². The molecule has 2 rings (SSSR count). The lowest BCUT2D eigenvalue weighted by atomic mass is 10.1. The molecule has 1 fully saturated rings. The molecule has 8 heteroatoms. The van der Waals surface area contributed by atoms with Crippen LogP contribution in [0.4, 0.5) is 18.9 Å². The van der Waals surface area contributed by atoms with Crippen LogP contribution in [0, 0.1) is 17.2 Å². The van der Waals surface area contributed by atoms with Crippen molar-refractivity contribution in [3.63, 3.8) is 0 Å². The summed E-state index contributed by atoms with van der Waals surface area (Å²) in [5.41, 5.74) is -1.12. The van der Waals surface area contributed by atoms with Crippen molar-refractivity contribution in [2.24, 2.45) is 5.92 Å². The van der Waals surface area contributed by atoms with Crippen molar-refractivity contribution >= 4 is 15.5 Å². The lowest BCUT2D eigenvalue weighted by Gasteiger charge is -2.16. The quantitative estimate of drug-likeness (QED) is 0.929. The summed E-state index contributed by atoms with van der Waals surface area (Å²) >= 11 is 0. The summed E-state index contributed by atoms with van der Waals surface area (Å²) in [6.07, 6.45) is -4.12. The summed E-state index contributed by atoms with van der Waals surface area (Å²) in [6, 6.07) is 4.95. The van der Waals surface area contributed by atoms with Gasteiger partial charge in [-0.05, 0) is 30.5 Å². The zero-order valence-electron chi connectivity index (χ0n) is 10.9. The van der Waals surface area contributed by atoms with E-state index >= 15 is 0 Å². The van der Waals surface area contributed by atoms with E-state index in [2.05, 4.69) is 5.32 Å². The predicted molar refractivity (Wildman–Crippen MR) is 71.4 cm³/mol. The number of rotatable bonds is 3. The van der Waals surface area contributed by atoms with Gasteiger partial charge >= 0.3 is 6.18 Å². The van der Waals surface area contributed by atoms with Crippen molar-refractivity contribution in [3.05, 3.63) is 29.3 Å². The number of sulfone groups is 1. The maximum Gasteiger partial charge on any atom is 0.418 e. The molecule has 1 N–H and O–H groups in total. The van der Waals surface area contributed by atoms with Crippen LogP contribution in [0.2, 0.25) is 0 Å². The number of hydrogen-bond acceptors (Lipinski definition) is 4. The monoisotopic (exact) mass is 318 g/mol. The second-order valence-corrected chi connectivity index (χ2v) is 7.25. The Morgan fingerprint density at radius 2 is 2.10 bits per heavy atom. The van der Waals surface area contributed by atoms with Crippen molar-refractivity contribution in [2.75, 3.05) is 23.4 Å². The van der Waals surface area contributed by atoms with E-state index in [1.807, 2.05) is 0 Å². The molecule has 1 saturated heterocycles. The number of alkyl halides is 3. The van der Waals surface area contributed by atoms with E-state index in [0.717, 1.165) is 6.07 Å². The molecule has 1 atom stereocenters. The number of hydrogen-bond donors (Lipinski definition) is 1. The molecule has 1 aliphatic rings. The Balaban J connectivity index is 2.15. The third kappa shape index (κ3) is 3.88. The third-order valence-corrected chi connectivity index (χ3v) is 5.20. The van der Waals surface area contributed by atoms with Gasteiger partial charge in [0.1, 0.15) is 0 Å². The lowest BCUT2D eigenvalue weighted by Crippen LogP contribution is -2.18. The Bertz CT molecular complexity index is 678. The minimum atomic E-state index is -4.57. The van der Waals surface area contributed by atoms with Gasteiger partial charge < -0.3 is 5.32 Å². The molecule has 0 radical (unpaired) electrons. The van der Waals surface area contributed by atoms with Crippen LogP contribution in [0.25, 0.3) is 0 Å². The predicted octanol–water partition coefficient (Wildman–Crippen LogP) is 2.42. The number of nitrogens with zero attached hydrogens (tertiary/aromatic N) is 1. The Hall–Kier alpha value is -1.75. The first-order chi connectivity index (χ1) is 9.71.